The van der Waals surface area contributed by atoms with E-state index < -0.39 is 6.04 Å². The number of amides is 2. The first kappa shape index (κ1) is 21.8. The minimum Gasteiger partial charge on any atom is -0.497 e. The molecule has 8 nitrogen and oxygen atoms in total. The van der Waals surface area contributed by atoms with Crippen molar-refractivity contribution in [2.24, 2.45) is 0 Å². The van der Waals surface area contributed by atoms with Gasteiger partial charge in [-0.15, -0.1) is 0 Å². The highest BCUT2D eigenvalue weighted by Crippen LogP contribution is 2.23. The number of rotatable bonds is 6. The Labute approximate surface area is 191 Å². The van der Waals surface area contributed by atoms with Gasteiger partial charge in [-0.2, -0.15) is 5.10 Å². The highest BCUT2D eigenvalue weighted by atomic mass is 32.1. The van der Waals surface area contributed by atoms with Gasteiger partial charge in [-0.05, 0) is 56.2 Å². The number of carbonyl (C=O) groups excluding carboxylic acids is 2. The topological polar surface area (TPSA) is 92.2 Å². The molecule has 1 fully saturated rings. The Bertz CT molecular complexity index is 1170. The van der Waals surface area contributed by atoms with Crippen molar-refractivity contribution in [3.8, 4) is 17.1 Å². The van der Waals surface area contributed by atoms with Crippen LogP contribution in [0.15, 0.2) is 48.5 Å². The normalized spacial score (nSPS) is 15.6. The molecule has 9 heteroatoms. The number of nitrogens with one attached hydrogen (secondary N) is 2. The average Bonchev–Trinajstić information content (AvgIpc) is 3.43. The van der Waals surface area contributed by atoms with Gasteiger partial charge < -0.3 is 15.0 Å². The molecule has 1 aromatic heterocycles. The third kappa shape index (κ3) is 4.57. The Morgan fingerprint density at radius 3 is 2.59 bits per heavy atom. The maximum atomic E-state index is 13.2. The molecule has 4 rings (SSSR count). The molecule has 1 aliphatic heterocycles. The summed E-state index contributed by atoms with van der Waals surface area (Å²) in [7, 11) is 1.59. The smallest absolute Gasteiger partial charge is 0.247 e. The Hall–Kier alpha value is -3.46. The molecule has 0 saturated carbocycles. The standard InChI is InChI=1S/C23H25N5O3S/c1-15-5-7-16(8-6-15)21-25-26-23(32)28(21)14-20(29)27-13-3-4-19(27)22(30)24-17-9-11-18(31-2)12-10-17/h5-12,19H,3-4,13-14H2,1-2H3,(H,24,30)(H,26,32). The molecule has 2 aromatic carbocycles. The Balaban J connectivity index is 1.48. The molecule has 1 aliphatic rings. The van der Waals surface area contributed by atoms with Gasteiger partial charge in [-0.1, -0.05) is 29.8 Å². The molecule has 1 saturated heterocycles. The van der Waals surface area contributed by atoms with Gasteiger partial charge in [0.1, 0.15) is 18.3 Å². The third-order valence-corrected chi connectivity index (χ3v) is 5.91. The van der Waals surface area contributed by atoms with Crippen molar-refractivity contribution in [2.45, 2.75) is 32.4 Å². The summed E-state index contributed by atoms with van der Waals surface area (Å²) < 4.78 is 7.19. The first-order valence-corrected chi connectivity index (χ1v) is 10.8. The van der Waals surface area contributed by atoms with Crippen LogP contribution in [-0.4, -0.2) is 51.2 Å². The van der Waals surface area contributed by atoms with Gasteiger partial charge in [-0.3, -0.25) is 19.3 Å². The van der Waals surface area contributed by atoms with Crippen LogP contribution < -0.4 is 10.1 Å². The number of methoxy groups -OCH3 is 1. The van der Waals surface area contributed by atoms with Crippen LogP contribution in [0.25, 0.3) is 11.4 Å². The summed E-state index contributed by atoms with van der Waals surface area (Å²) >= 11 is 5.36. The minimum atomic E-state index is -0.520. The van der Waals surface area contributed by atoms with Crippen LogP contribution in [0.3, 0.4) is 0 Å². The van der Waals surface area contributed by atoms with E-state index in [4.69, 9.17) is 17.0 Å². The van der Waals surface area contributed by atoms with Gasteiger partial charge in [0, 0.05) is 17.8 Å². The number of aromatic nitrogens is 3. The molecule has 2 heterocycles. The van der Waals surface area contributed by atoms with Crippen LogP contribution in [0.5, 0.6) is 5.75 Å². The molecule has 0 bridgehead atoms. The molecular weight excluding hydrogens is 426 g/mol. The van der Waals surface area contributed by atoms with E-state index in [1.807, 2.05) is 31.2 Å². The predicted molar refractivity (Wildman–Crippen MR) is 124 cm³/mol. The molecule has 0 spiro atoms. The van der Waals surface area contributed by atoms with Gasteiger partial charge in [0.05, 0.1) is 7.11 Å². The monoisotopic (exact) mass is 451 g/mol. The van der Waals surface area contributed by atoms with Crippen molar-refractivity contribution < 1.29 is 14.3 Å². The van der Waals surface area contributed by atoms with Crippen molar-refractivity contribution in [3.63, 3.8) is 0 Å². The van der Waals surface area contributed by atoms with Crippen LogP contribution in [0.2, 0.25) is 0 Å². The third-order valence-electron chi connectivity index (χ3n) is 5.59. The molecule has 0 radical (unpaired) electrons. The molecule has 3 aromatic rings. The van der Waals surface area contributed by atoms with E-state index in [1.165, 1.54) is 0 Å². The fraction of sp³-hybridized carbons (Fsp3) is 0.304. The quantitative estimate of drug-likeness (QED) is 0.559. The number of hydrogen-bond acceptors (Lipinski definition) is 5. The van der Waals surface area contributed by atoms with E-state index in [0.29, 0.717) is 35.0 Å². The Morgan fingerprint density at radius 1 is 1.19 bits per heavy atom. The van der Waals surface area contributed by atoms with Crippen LogP contribution in [0.4, 0.5) is 5.69 Å². The molecular formula is C23H25N5O3S. The second-order valence-electron chi connectivity index (χ2n) is 7.77. The summed E-state index contributed by atoms with van der Waals surface area (Å²) in [6.45, 7) is 2.56. The zero-order chi connectivity index (χ0) is 22.7. The predicted octanol–water partition coefficient (Wildman–Crippen LogP) is 3.55. The number of H-pyrrole nitrogens is 1. The van der Waals surface area contributed by atoms with E-state index in [0.717, 1.165) is 17.5 Å². The van der Waals surface area contributed by atoms with Gasteiger partial charge in [0.25, 0.3) is 0 Å². The molecule has 32 heavy (non-hydrogen) atoms. The van der Waals surface area contributed by atoms with Gasteiger partial charge >= 0.3 is 0 Å². The van der Waals surface area contributed by atoms with Crippen molar-refractivity contribution in [3.05, 3.63) is 58.9 Å². The average molecular weight is 452 g/mol. The zero-order valence-electron chi connectivity index (χ0n) is 18.0. The molecule has 2 N–H and O–H groups in total. The number of benzene rings is 2. The van der Waals surface area contributed by atoms with Crippen molar-refractivity contribution in [1.29, 1.82) is 0 Å². The summed E-state index contributed by atoms with van der Waals surface area (Å²) in [5, 5.41) is 9.98. The number of hydrogen-bond donors (Lipinski definition) is 2. The van der Waals surface area contributed by atoms with E-state index in [-0.39, 0.29) is 18.4 Å². The lowest BCUT2D eigenvalue weighted by Crippen LogP contribution is -2.44. The van der Waals surface area contributed by atoms with E-state index in [2.05, 4.69) is 15.5 Å². The Kier molecular flexibility index (Phi) is 6.36. The number of nitrogens with zero attached hydrogens (tertiary/aromatic N) is 3. The SMILES string of the molecule is COc1ccc(NC(=O)C2CCCN2C(=O)Cn2c(-c3ccc(C)cc3)n[nH]c2=S)cc1. The van der Waals surface area contributed by atoms with Crippen molar-refractivity contribution >= 4 is 29.7 Å². The van der Waals surface area contributed by atoms with Crippen LogP contribution >= 0.6 is 12.2 Å². The maximum Gasteiger partial charge on any atom is 0.247 e. The van der Waals surface area contributed by atoms with Crippen LogP contribution in [-0.2, 0) is 16.1 Å². The number of aromatic amines is 1. The molecule has 0 aliphatic carbocycles. The summed E-state index contributed by atoms with van der Waals surface area (Å²) in [6.07, 6.45) is 1.39. The van der Waals surface area contributed by atoms with Crippen LogP contribution in [0, 0.1) is 11.7 Å². The highest BCUT2D eigenvalue weighted by molar-refractivity contribution is 7.71. The largest absolute Gasteiger partial charge is 0.497 e. The molecule has 2 amide bonds. The van der Waals surface area contributed by atoms with Crippen LogP contribution in [0.1, 0.15) is 18.4 Å². The number of anilines is 1. The molecule has 1 unspecified atom stereocenters. The lowest BCUT2D eigenvalue weighted by molar-refractivity contribution is -0.137. The lowest BCUT2D eigenvalue weighted by Gasteiger charge is -2.24. The van der Waals surface area contributed by atoms with Crippen molar-refractivity contribution in [1.82, 2.24) is 19.7 Å². The van der Waals surface area contributed by atoms with Crippen molar-refractivity contribution in [2.75, 3.05) is 19.0 Å². The first-order chi connectivity index (χ1) is 15.5. The zero-order valence-corrected chi connectivity index (χ0v) is 18.8. The van der Waals surface area contributed by atoms with E-state index >= 15 is 0 Å². The number of ether oxygens (including phenoxy) is 1. The Morgan fingerprint density at radius 2 is 1.91 bits per heavy atom. The maximum absolute atomic E-state index is 13.2. The number of carbonyl (C=O) groups is 2. The summed E-state index contributed by atoms with van der Waals surface area (Å²) in [5.74, 6) is 0.947. The highest BCUT2D eigenvalue weighted by Gasteiger charge is 2.34. The summed E-state index contributed by atoms with van der Waals surface area (Å²) in [5.41, 5.74) is 2.66. The molecule has 166 valence electrons. The molecule has 1 atom stereocenters. The van der Waals surface area contributed by atoms with Gasteiger partial charge in [0.15, 0.2) is 10.6 Å². The van der Waals surface area contributed by atoms with E-state index in [1.54, 1.807) is 40.8 Å². The summed E-state index contributed by atoms with van der Waals surface area (Å²) in [4.78, 5) is 27.7. The second kappa shape index (κ2) is 9.35. The van der Waals surface area contributed by atoms with Gasteiger partial charge in [-0.25, -0.2) is 0 Å². The first-order valence-electron chi connectivity index (χ1n) is 10.4. The summed E-state index contributed by atoms with van der Waals surface area (Å²) in [6, 6.07) is 14.4. The fourth-order valence-electron chi connectivity index (χ4n) is 3.85. The van der Waals surface area contributed by atoms with E-state index in [9.17, 15) is 9.59 Å². The fourth-order valence-corrected chi connectivity index (χ4v) is 4.05. The number of aryl methyl sites for hydroxylation is 1. The second-order valence-corrected chi connectivity index (χ2v) is 8.15. The number of likely N-dealkylation sites (tertiary alicyclic amines) is 1. The minimum absolute atomic E-state index is 0.0187. The van der Waals surface area contributed by atoms with Gasteiger partial charge in [0.2, 0.25) is 11.8 Å². The lowest BCUT2D eigenvalue weighted by atomic mass is 10.1.